The van der Waals surface area contributed by atoms with E-state index in [1.54, 1.807) is 12.1 Å². The van der Waals surface area contributed by atoms with Crippen LogP contribution in [0, 0.1) is 11.7 Å². The highest BCUT2D eigenvalue weighted by atomic mass is 19.1. The number of hydrogen-bond donors (Lipinski definition) is 0. The van der Waals surface area contributed by atoms with Crippen LogP contribution in [-0.4, -0.2) is 0 Å². The van der Waals surface area contributed by atoms with Crippen LogP contribution in [0.3, 0.4) is 0 Å². The monoisotopic (exact) mass is 166 g/mol. The van der Waals surface area contributed by atoms with E-state index in [2.05, 4.69) is 20.8 Å². The molecule has 1 aromatic rings. The standard InChI is InChI=1S/C11H15F/c1-8(2)9(3)10-5-4-6-11(12)7-10/h4-9H,1-3H3/t9-/m0/s1. The third-order valence-electron chi connectivity index (χ3n) is 2.37. The highest BCUT2D eigenvalue weighted by Gasteiger charge is 2.09. The van der Waals surface area contributed by atoms with Gasteiger partial charge in [0.25, 0.3) is 0 Å². The first-order valence-electron chi connectivity index (χ1n) is 4.36. The van der Waals surface area contributed by atoms with Crippen molar-refractivity contribution >= 4 is 0 Å². The SMILES string of the molecule is CC(C)[C@H](C)c1cccc(F)c1. The Balaban J connectivity index is 2.88. The molecule has 0 radical (unpaired) electrons. The van der Waals surface area contributed by atoms with Gasteiger partial charge in [-0.3, -0.25) is 0 Å². The Bertz CT molecular complexity index is 253. The van der Waals surface area contributed by atoms with E-state index in [1.807, 2.05) is 6.07 Å². The molecule has 1 rings (SSSR count). The molecule has 0 saturated heterocycles. The van der Waals surface area contributed by atoms with Crippen molar-refractivity contribution in [3.05, 3.63) is 35.6 Å². The fourth-order valence-electron chi connectivity index (χ4n) is 1.17. The fraction of sp³-hybridized carbons (Fsp3) is 0.455. The molecule has 0 saturated carbocycles. The molecule has 1 atom stereocenters. The molecule has 1 heteroatoms. The largest absolute Gasteiger partial charge is 0.207 e. The molecule has 0 aliphatic rings. The molecule has 12 heavy (non-hydrogen) atoms. The van der Waals surface area contributed by atoms with Gasteiger partial charge in [0.05, 0.1) is 0 Å². The van der Waals surface area contributed by atoms with Crippen molar-refractivity contribution in [2.75, 3.05) is 0 Å². The Labute approximate surface area is 73.4 Å². The Kier molecular flexibility index (Phi) is 2.85. The maximum atomic E-state index is 12.8. The van der Waals surface area contributed by atoms with Crippen molar-refractivity contribution in [2.45, 2.75) is 26.7 Å². The van der Waals surface area contributed by atoms with Crippen LogP contribution in [0.5, 0.6) is 0 Å². The zero-order valence-electron chi connectivity index (χ0n) is 7.84. The molecule has 0 N–H and O–H groups in total. The van der Waals surface area contributed by atoms with Crippen molar-refractivity contribution in [2.24, 2.45) is 5.92 Å². The molecule has 66 valence electrons. The lowest BCUT2D eigenvalue weighted by atomic mass is 9.90. The van der Waals surface area contributed by atoms with Gasteiger partial charge in [0, 0.05) is 0 Å². The lowest BCUT2D eigenvalue weighted by Gasteiger charge is -2.15. The zero-order chi connectivity index (χ0) is 9.14. The van der Waals surface area contributed by atoms with Gasteiger partial charge in [0.2, 0.25) is 0 Å². The summed E-state index contributed by atoms with van der Waals surface area (Å²) in [7, 11) is 0. The van der Waals surface area contributed by atoms with Crippen LogP contribution in [0.1, 0.15) is 32.3 Å². The van der Waals surface area contributed by atoms with Crippen molar-refractivity contribution in [1.82, 2.24) is 0 Å². The minimum Gasteiger partial charge on any atom is -0.207 e. The summed E-state index contributed by atoms with van der Waals surface area (Å²) in [5.41, 5.74) is 1.09. The number of rotatable bonds is 2. The predicted molar refractivity (Wildman–Crippen MR) is 49.7 cm³/mol. The second kappa shape index (κ2) is 3.70. The van der Waals surface area contributed by atoms with Crippen LogP contribution in [0.15, 0.2) is 24.3 Å². The normalized spacial score (nSPS) is 13.4. The van der Waals surface area contributed by atoms with Gasteiger partial charge >= 0.3 is 0 Å². The van der Waals surface area contributed by atoms with E-state index in [0.717, 1.165) is 5.56 Å². The summed E-state index contributed by atoms with van der Waals surface area (Å²) in [4.78, 5) is 0. The Hall–Kier alpha value is -0.850. The molecule has 0 aliphatic carbocycles. The third-order valence-corrected chi connectivity index (χ3v) is 2.37. The van der Waals surface area contributed by atoms with Crippen LogP contribution in [-0.2, 0) is 0 Å². The maximum absolute atomic E-state index is 12.8. The first-order valence-corrected chi connectivity index (χ1v) is 4.36. The summed E-state index contributed by atoms with van der Waals surface area (Å²) in [5, 5.41) is 0. The topological polar surface area (TPSA) is 0 Å². The molecule has 0 unspecified atom stereocenters. The molecule has 1 aromatic carbocycles. The predicted octanol–water partition coefficient (Wildman–Crippen LogP) is 3.59. The lowest BCUT2D eigenvalue weighted by Crippen LogP contribution is -2.01. The molecule has 0 fully saturated rings. The second-order valence-corrected chi connectivity index (χ2v) is 3.59. The van der Waals surface area contributed by atoms with Gasteiger partial charge in [0.1, 0.15) is 5.82 Å². The second-order valence-electron chi connectivity index (χ2n) is 3.59. The number of benzene rings is 1. The van der Waals surface area contributed by atoms with Crippen molar-refractivity contribution in [3.63, 3.8) is 0 Å². The summed E-state index contributed by atoms with van der Waals surface area (Å²) < 4.78 is 12.8. The molecular formula is C11H15F. The molecule has 0 aromatic heterocycles. The van der Waals surface area contributed by atoms with Crippen molar-refractivity contribution < 1.29 is 4.39 Å². The Morgan fingerprint density at radius 2 is 1.83 bits per heavy atom. The number of hydrogen-bond acceptors (Lipinski definition) is 0. The van der Waals surface area contributed by atoms with Gasteiger partial charge in [-0.1, -0.05) is 32.9 Å². The summed E-state index contributed by atoms with van der Waals surface area (Å²) in [6.07, 6.45) is 0. The molecule has 0 amide bonds. The van der Waals surface area contributed by atoms with Crippen LogP contribution in [0.25, 0.3) is 0 Å². The van der Waals surface area contributed by atoms with Crippen LogP contribution >= 0.6 is 0 Å². The molecule has 0 aliphatic heterocycles. The summed E-state index contributed by atoms with van der Waals surface area (Å²) >= 11 is 0. The molecule has 0 nitrogen and oxygen atoms in total. The Morgan fingerprint density at radius 3 is 2.33 bits per heavy atom. The minimum absolute atomic E-state index is 0.139. The van der Waals surface area contributed by atoms with Gasteiger partial charge < -0.3 is 0 Å². The average molecular weight is 166 g/mol. The first-order chi connectivity index (χ1) is 5.61. The number of halogens is 1. The van der Waals surface area contributed by atoms with E-state index < -0.39 is 0 Å². The van der Waals surface area contributed by atoms with Crippen LogP contribution < -0.4 is 0 Å². The highest BCUT2D eigenvalue weighted by molar-refractivity contribution is 5.20. The van der Waals surface area contributed by atoms with Gasteiger partial charge in [-0.15, -0.1) is 0 Å². The summed E-state index contributed by atoms with van der Waals surface area (Å²) in [5.74, 6) is 0.854. The van der Waals surface area contributed by atoms with Crippen LogP contribution in [0.4, 0.5) is 4.39 Å². The van der Waals surface area contributed by atoms with Gasteiger partial charge in [-0.25, -0.2) is 4.39 Å². The van der Waals surface area contributed by atoms with Gasteiger partial charge in [0.15, 0.2) is 0 Å². The van der Waals surface area contributed by atoms with E-state index >= 15 is 0 Å². The maximum Gasteiger partial charge on any atom is 0.123 e. The van der Waals surface area contributed by atoms with Gasteiger partial charge in [-0.2, -0.15) is 0 Å². The third kappa shape index (κ3) is 2.07. The van der Waals surface area contributed by atoms with E-state index in [9.17, 15) is 4.39 Å². The zero-order valence-corrected chi connectivity index (χ0v) is 7.84. The quantitative estimate of drug-likeness (QED) is 0.630. The lowest BCUT2D eigenvalue weighted by molar-refractivity contribution is 0.530. The average Bonchev–Trinajstić information content (AvgIpc) is 2.03. The summed E-state index contributed by atoms with van der Waals surface area (Å²) in [6.45, 7) is 6.42. The summed E-state index contributed by atoms with van der Waals surface area (Å²) in [6, 6.07) is 6.85. The molecule has 0 spiro atoms. The highest BCUT2D eigenvalue weighted by Crippen LogP contribution is 2.23. The van der Waals surface area contributed by atoms with E-state index in [1.165, 1.54) is 6.07 Å². The fourth-order valence-corrected chi connectivity index (χ4v) is 1.17. The van der Waals surface area contributed by atoms with E-state index in [0.29, 0.717) is 11.8 Å². The smallest absolute Gasteiger partial charge is 0.123 e. The Morgan fingerprint density at radius 1 is 1.17 bits per heavy atom. The van der Waals surface area contributed by atoms with Gasteiger partial charge in [-0.05, 0) is 29.5 Å². The first kappa shape index (κ1) is 9.24. The minimum atomic E-state index is -0.139. The molecule has 0 bridgehead atoms. The van der Waals surface area contributed by atoms with E-state index in [4.69, 9.17) is 0 Å². The molecule has 0 heterocycles. The van der Waals surface area contributed by atoms with Crippen LogP contribution in [0.2, 0.25) is 0 Å². The van der Waals surface area contributed by atoms with Crippen molar-refractivity contribution in [1.29, 1.82) is 0 Å². The van der Waals surface area contributed by atoms with Crippen molar-refractivity contribution in [3.8, 4) is 0 Å². The van der Waals surface area contributed by atoms with E-state index in [-0.39, 0.29) is 5.82 Å². The molecular weight excluding hydrogens is 151 g/mol.